The van der Waals surface area contributed by atoms with Crippen LogP contribution < -0.4 is 4.90 Å². The minimum Gasteiger partial charge on any atom is -0.355 e. The van der Waals surface area contributed by atoms with Gasteiger partial charge in [-0.05, 0) is 50.3 Å². The molecule has 1 N–H and O–H groups in total. The van der Waals surface area contributed by atoms with Crippen LogP contribution in [0.2, 0.25) is 0 Å². The van der Waals surface area contributed by atoms with Gasteiger partial charge in [-0.2, -0.15) is 10.4 Å². The molecule has 1 atom stereocenters. The Labute approximate surface area is 130 Å². The SMILES string of the molecule is Cc1ccc(C#N)c(N2CCCC3(CCc4cn[nH]c43)C2)n1. The topological polar surface area (TPSA) is 68.6 Å². The van der Waals surface area contributed by atoms with Crippen molar-refractivity contribution in [2.75, 3.05) is 18.0 Å². The molecule has 5 nitrogen and oxygen atoms in total. The molecular weight excluding hydrogens is 274 g/mol. The molecule has 0 bridgehead atoms. The second-order valence-corrected chi connectivity index (χ2v) is 6.51. The molecule has 1 fully saturated rings. The molecule has 112 valence electrons. The Morgan fingerprint density at radius 3 is 3.14 bits per heavy atom. The zero-order chi connectivity index (χ0) is 15.2. The van der Waals surface area contributed by atoms with Gasteiger partial charge >= 0.3 is 0 Å². The summed E-state index contributed by atoms with van der Waals surface area (Å²) in [4.78, 5) is 6.94. The number of hydrogen-bond acceptors (Lipinski definition) is 4. The molecule has 1 aliphatic heterocycles. The second-order valence-electron chi connectivity index (χ2n) is 6.51. The van der Waals surface area contributed by atoms with Crippen molar-refractivity contribution in [1.82, 2.24) is 15.2 Å². The molecule has 3 heterocycles. The first-order valence-corrected chi connectivity index (χ1v) is 7.87. The minimum atomic E-state index is 0.155. The maximum absolute atomic E-state index is 9.39. The van der Waals surface area contributed by atoms with E-state index < -0.39 is 0 Å². The number of fused-ring (bicyclic) bond motifs is 2. The third-order valence-electron chi connectivity index (χ3n) is 5.13. The number of hydrogen-bond donors (Lipinski definition) is 1. The lowest BCUT2D eigenvalue weighted by molar-refractivity contribution is 0.331. The number of nitrogens with one attached hydrogen (secondary N) is 1. The van der Waals surface area contributed by atoms with Gasteiger partial charge in [0.05, 0.1) is 11.8 Å². The van der Waals surface area contributed by atoms with Crippen LogP contribution in [0.5, 0.6) is 0 Å². The Hall–Kier alpha value is -2.35. The zero-order valence-corrected chi connectivity index (χ0v) is 12.8. The molecule has 2 aliphatic rings. The zero-order valence-electron chi connectivity index (χ0n) is 12.8. The highest BCUT2D eigenvalue weighted by molar-refractivity contribution is 5.55. The average Bonchev–Trinajstić information content (AvgIpc) is 3.13. The van der Waals surface area contributed by atoms with E-state index in [1.165, 1.54) is 24.1 Å². The second kappa shape index (κ2) is 4.84. The third-order valence-corrected chi connectivity index (χ3v) is 5.13. The smallest absolute Gasteiger partial charge is 0.146 e. The maximum atomic E-state index is 9.39. The Kier molecular flexibility index (Phi) is 2.93. The van der Waals surface area contributed by atoms with Crippen LogP contribution in [-0.2, 0) is 11.8 Å². The quantitative estimate of drug-likeness (QED) is 0.877. The van der Waals surface area contributed by atoms with Crippen LogP contribution in [0.3, 0.4) is 0 Å². The van der Waals surface area contributed by atoms with Crippen molar-refractivity contribution >= 4 is 5.82 Å². The van der Waals surface area contributed by atoms with Crippen LogP contribution in [0.1, 0.15) is 41.8 Å². The highest BCUT2D eigenvalue weighted by atomic mass is 15.2. The summed E-state index contributed by atoms with van der Waals surface area (Å²) in [5.74, 6) is 0.842. The van der Waals surface area contributed by atoms with E-state index in [0.29, 0.717) is 5.56 Å². The van der Waals surface area contributed by atoms with E-state index in [9.17, 15) is 5.26 Å². The number of rotatable bonds is 1. The molecule has 0 aromatic carbocycles. The van der Waals surface area contributed by atoms with Gasteiger partial charge in [0, 0.05) is 29.9 Å². The minimum absolute atomic E-state index is 0.155. The number of anilines is 1. The third kappa shape index (κ3) is 1.91. The predicted octanol–water partition coefficient (Wildman–Crippen LogP) is 2.47. The van der Waals surface area contributed by atoms with Gasteiger partial charge in [-0.3, -0.25) is 5.10 Å². The number of H-pyrrole nitrogens is 1. The maximum Gasteiger partial charge on any atom is 0.146 e. The monoisotopic (exact) mass is 293 g/mol. The number of piperidine rings is 1. The van der Waals surface area contributed by atoms with Crippen molar-refractivity contribution in [2.24, 2.45) is 0 Å². The Morgan fingerprint density at radius 1 is 1.36 bits per heavy atom. The summed E-state index contributed by atoms with van der Waals surface area (Å²) >= 11 is 0. The summed E-state index contributed by atoms with van der Waals surface area (Å²) in [5, 5.41) is 16.8. The summed E-state index contributed by atoms with van der Waals surface area (Å²) in [6.45, 7) is 3.87. The van der Waals surface area contributed by atoms with Crippen molar-refractivity contribution in [2.45, 2.75) is 38.0 Å². The van der Waals surface area contributed by atoms with E-state index >= 15 is 0 Å². The fraction of sp³-hybridized carbons (Fsp3) is 0.471. The van der Waals surface area contributed by atoms with Crippen molar-refractivity contribution in [3.05, 3.63) is 40.8 Å². The highest BCUT2D eigenvalue weighted by Gasteiger charge is 2.44. The first-order chi connectivity index (χ1) is 10.7. The Bertz CT molecular complexity index is 757. The van der Waals surface area contributed by atoms with Gasteiger partial charge in [-0.1, -0.05) is 0 Å². The van der Waals surface area contributed by atoms with Gasteiger partial charge in [0.1, 0.15) is 11.9 Å². The van der Waals surface area contributed by atoms with Crippen molar-refractivity contribution < 1.29 is 0 Å². The van der Waals surface area contributed by atoms with E-state index in [-0.39, 0.29) is 5.41 Å². The largest absolute Gasteiger partial charge is 0.355 e. The van der Waals surface area contributed by atoms with Crippen molar-refractivity contribution in [1.29, 1.82) is 5.26 Å². The standard InChI is InChI=1S/C17H19N5/c1-12-3-4-13(9-18)16(20-12)22-8-2-6-17(11-22)7-5-14-10-19-21-15(14)17/h3-4,10H,2,5-8,11H2,1H3,(H,19,21). The van der Waals surface area contributed by atoms with Gasteiger partial charge in [0.2, 0.25) is 0 Å². The summed E-state index contributed by atoms with van der Waals surface area (Å²) < 4.78 is 0. The van der Waals surface area contributed by atoms with Gasteiger partial charge in [0.25, 0.3) is 0 Å². The molecule has 1 saturated heterocycles. The fourth-order valence-electron chi connectivity index (χ4n) is 4.05. The van der Waals surface area contributed by atoms with E-state index in [0.717, 1.165) is 37.4 Å². The van der Waals surface area contributed by atoms with Gasteiger partial charge in [-0.25, -0.2) is 4.98 Å². The van der Waals surface area contributed by atoms with Crippen LogP contribution in [0.4, 0.5) is 5.82 Å². The number of nitriles is 1. The number of aromatic amines is 1. The van der Waals surface area contributed by atoms with E-state index in [1.807, 2.05) is 25.3 Å². The molecular formula is C17H19N5. The molecule has 1 spiro atoms. The van der Waals surface area contributed by atoms with Gasteiger partial charge in [-0.15, -0.1) is 0 Å². The number of nitrogens with zero attached hydrogens (tertiary/aromatic N) is 4. The van der Waals surface area contributed by atoms with Crippen molar-refractivity contribution in [3.63, 3.8) is 0 Å². The van der Waals surface area contributed by atoms with Crippen molar-refractivity contribution in [3.8, 4) is 6.07 Å². The predicted molar refractivity (Wildman–Crippen MR) is 83.7 cm³/mol. The summed E-state index contributed by atoms with van der Waals surface area (Å²) in [6, 6.07) is 6.08. The highest BCUT2D eigenvalue weighted by Crippen LogP contribution is 2.44. The Morgan fingerprint density at radius 2 is 2.27 bits per heavy atom. The Balaban J connectivity index is 1.71. The first kappa shape index (κ1) is 13.3. The molecule has 1 aliphatic carbocycles. The normalized spacial score (nSPS) is 23.5. The van der Waals surface area contributed by atoms with Gasteiger partial charge < -0.3 is 4.90 Å². The summed E-state index contributed by atoms with van der Waals surface area (Å²) in [6.07, 6.45) is 6.55. The molecule has 2 aromatic heterocycles. The molecule has 1 unspecified atom stereocenters. The van der Waals surface area contributed by atoms with Crippen LogP contribution in [0, 0.1) is 18.3 Å². The lowest BCUT2D eigenvalue weighted by atomic mass is 9.77. The van der Waals surface area contributed by atoms with E-state index in [1.54, 1.807) is 0 Å². The van der Waals surface area contributed by atoms with Crippen LogP contribution >= 0.6 is 0 Å². The number of aryl methyl sites for hydroxylation is 2. The molecule has 0 radical (unpaired) electrons. The van der Waals surface area contributed by atoms with Crippen LogP contribution in [0.15, 0.2) is 18.3 Å². The van der Waals surface area contributed by atoms with E-state index in [4.69, 9.17) is 0 Å². The fourth-order valence-corrected chi connectivity index (χ4v) is 4.05. The van der Waals surface area contributed by atoms with Crippen LogP contribution in [-0.4, -0.2) is 28.3 Å². The molecule has 0 saturated carbocycles. The molecule has 0 amide bonds. The van der Waals surface area contributed by atoms with E-state index in [2.05, 4.69) is 26.2 Å². The molecule has 5 heteroatoms. The molecule has 2 aromatic rings. The summed E-state index contributed by atoms with van der Waals surface area (Å²) in [5.41, 5.74) is 4.46. The van der Waals surface area contributed by atoms with Gasteiger partial charge in [0.15, 0.2) is 0 Å². The first-order valence-electron chi connectivity index (χ1n) is 7.87. The molecule has 22 heavy (non-hydrogen) atoms. The number of aromatic nitrogens is 3. The number of pyridine rings is 1. The lowest BCUT2D eigenvalue weighted by Crippen LogP contribution is -2.46. The van der Waals surface area contributed by atoms with Crippen LogP contribution in [0.25, 0.3) is 0 Å². The molecule has 4 rings (SSSR count). The average molecular weight is 293 g/mol. The summed E-state index contributed by atoms with van der Waals surface area (Å²) in [7, 11) is 0. The lowest BCUT2D eigenvalue weighted by Gasteiger charge is -2.41.